The second kappa shape index (κ2) is 4.93. The number of hydrogen-bond acceptors (Lipinski definition) is 5. The molecule has 1 saturated carbocycles. The summed E-state index contributed by atoms with van der Waals surface area (Å²) in [5.74, 6) is -2.48. The Morgan fingerprint density at radius 3 is 2.22 bits per heavy atom. The number of nitrogens with two attached hydrogens (primary N) is 1. The molecular weight excluding hydrogens is 240 g/mol. The van der Waals surface area contributed by atoms with Gasteiger partial charge in [-0.15, -0.1) is 0 Å². The molecule has 0 aromatic rings. The zero-order chi connectivity index (χ0) is 14.1. The van der Waals surface area contributed by atoms with Crippen molar-refractivity contribution in [3.63, 3.8) is 0 Å². The normalized spacial score (nSPS) is 31.3. The van der Waals surface area contributed by atoms with E-state index in [1.165, 1.54) is 7.11 Å². The molecule has 0 aromatic heterocycles. The maximum atomic E-state index is 11.7. The Morgan fingerprint density at radius 2 is 1.89 bits per heavy atom. The van der Waals surface area contributed by atoms with Gasteiger partial charge >= 0.3 is 11.9 Å². The van der Waals surface area contributed by atoms with Gasteiger partial charge in [-0.05, 0) is 11.8 Å². The summed E-state index contributed by atoms with van der Waals surface area (Å²) in [7, 11) is 1.24. The number of carboxylic acids is 1. The number of carbonyl (C=O) groups excluding carboxylic acids is 2. The molecule has 0 bridgehead atoms. The minimum Gasteiger partial charge on any atom is -0.481 e. The third-order valence-corrected chi connectivity index (χ3v) is 3.66. The molecule has 1 fully saturated rings. The minimum absolute atomic E-state index is 0.0640. The van der Waals surface area contributed by atoms with Crippen molar-refractivity contribution in [3.05, 3.63) is 0 Å². The van der Waals surface area contributed by atoms with Crippen molar-refractivity contribution in [2.24, 2.45) is 17.6 Å². The van der Waals surface area contributed by atoms with E-state index in [-0.39, 0.29) is 11.8 Å². The molecule has 1 aliphatic carbocycles. The van der Waals surface area contributed by atoms with Crippen LogP contribution in [0.1, 0.15) is 20.3 Å². The number of aliphatic carboxylic acids is 1. The van der Waals surface area contributed by atoms with E-state index in [1.807, 2.05) is 13.8 Å². The Hall–Kier alpha value is -1.63. The van der Waals surface area contributed by atoms with Crippen LogP contribution in [-0.2, 0) is 19.1 Å². The van der Waals surface area contributed by atoms with E-state index in [1.54, 1.807) is 0 Å². The minimum atomic E-state index is -1.18. The molecule has 3 atom stereocenters. The second-order valence-electron chi connectivity index (χ2n) is 4.63. The topological polar surface area (TPSA) is 119 Å². The van der Waals surface area contributed by atoms with Crippen molar-refractivity contribution >= 4 is 17.8 Å². The van der Waals surface area contributed by atoms with Crippen molar-refractivity contribution < 1.29 is 24.2 Å². The van der Waals surface area contributed by atoms with Crippen molar-refractivity contribution in [3.8, 4) is 0 Å². The fraction of sp³-hybridized carbons (Fsp3) is 0.727. The average molecular weight is 258 g/mol. The number of carboxylic acid groups (broad SMARTS) is 1. The molecule has 4 N–H and O–H groups in total. The molecule has 0 heterocycles. The van der Waals surface area contributed by atoms with E-state index in [0.29, 0.717) is 0 Å². The van der Waals surface area contributed by atoms with Gasteiger partial charge in [0.25, 0.3) is 0 Å². The van der Waals surface area contributed by atoms with Crippen LogP contribution in [0.4, 0.5) is 0 Å². The van der Waals surface area contributed by atoms with E-state index < -0.39 is 35.8 Å². The smallest absolute Gasteiger partial charge is 0.332 e. The summed E-state index contributed by atoms with van der Waals surface area (Å²) in [6, 6.07) is -1.18. The van der Waals surface area contributed by atoms with Gasteiger partial charge in [-0.1, -0.05) is 13.8 Å². The molecule has 0 spiro atoms. The Bertz CT molecular complexity index is 374. The molecule has 7 nitrogen and oxygen atoms in total. The highest BCUT2D eigenvalue weighted by molar-refractivity contribution is 5.94. The van der Waals surface area contributed by atoms with Crippen LogP contribution >= 0.6 is 0 Å². The molecule has 7 heteroatoms. The first-order valence-electron chi connectivity index (χ1n) is 5.65. The van der Waals surface area contributed by atoms with Gasteiger partial charge in [0.05, 0.1) is 19.6 Å². The molecule has 102 valence electrons. The monoisotopic (exact) mass is 258 g/mol. The highest BCUT2D eigenvalue weighted by Crippen LogP contribution is 2.50. The molecule has 0 saturated heterocycles. The third kappa shape index (κ3) is 2.31. The van der Waals surface area contributed by atoms with Crippen LogP contribution in [0.5, 0.6) is 0 Å². The van der Waals surface area contributed by atoms with Crippen molar-refractivity contribution in [2.45, 2.75) is 31.8 Å². The summed E-state index contributed by atoms with van der Waals surface area (Å²) in [5.41, 5.74) is 4.37. The maximum Gasteiger partial charge on any atom is 0.332 e. The van der Waals surface area contributed by atoms with Crippen molar-refractivity contribution in [2.75, 3.05) is 7.11 Å². The molecule has 1 aliphatic rings. The van der Waals surface area contributed by atoms with Gasteiger partial charge in [0, 0.05) is 0 Å². The molecular formula is C11H18N2O5. The average Bonchev–Trinajstić information content (AvgIpc) is 2.81. The molecule has 0 aromatic carbocycles. The first-order chi connectivity index (χ1) is 8.27. The number of amides is 1. The van der Waals surface area contributed by atoms with Crippen LogP contribution in [0.2, 0.25) is 0 Å². The Balaban J connectivity index is 2.73. The molecule has 1 amide bonds. The van der Waals surface area contributed by atoms with Gasteiger partial charge in [0.15, 0.2) is 0 Å². The van der Waals surface area contributed by atoms with Gasteiger partial charge in [0.1, 0.15) is 5.54 Å². The van der Waals surface area contributed by atoms with Gasteiger partial charge in [0.2, 0.25) is 5.91 Å². The van der Waals surface area contributed by atoms with Crippen molar-refractivity contribution in [1.29, 1.82) is 0 Å². The first kappa shape index (κ1) is 14.4. The lowest BCUT2D eigenvalue weighted by molar-refractivity contribution is -0.147. The Kier molecular flexibility index (Phi) is 3.95. The highest BCUT2D eigenvalue weighted by atomic mass is 16.5. The zero-order valence-electron chi connectivity index (χ0n) is 10.6. The number of esters is 1. The van der Waals surface area contributed by atoms with Crippen LogP contribution < -0.4 is 11.1 Å². The lowest BCUT2D eigenvalue weighted by Crippen LogP contribution is -2.52. The van der Waals surface area contributed by atoms with E-state index >= 15 is 0 Å². The van der Waals surface area contributed by atoms with Crippen LogP contribution in [0.3, 0.4) is 0 Å². The quantitative estimate of drug-likeness (QED) is 0.550. The number of rotatable bonds is 5. The number of hydrogen-bond donors (Lipinski definition) is 3. The fourth-order valence-electron chi connectivity index (χ4n) is 2.17. The lowest BCUT2D eigenvalue weighted by Gasteiger charge is -2.19. The predicted octanol–water partition coefficient (Wildman–Crippen LogP) is -0.898. The molecule has 3 unspecified atom stereocenters. The van der Waals surface area contributed by atoms with E-state index in [4.69, 9.17) is 10.8 Å². The SMILES string of the molecule is COC(=O)C1(NC(=O)C(N)CC(=O)O)C(C)C1C. The van der Waals surface area contributed by atoms with Gasteiger partial charge in [-0.3, -0.25) is 9.59 Å². The summed E-state index contributed by atoms with van der Waals surface area (Å²) in [6.07, 6.45) is -0.480. The van der Waals surface area contributed by atoms with Gasteiger partial charge in [-0.2, -0.15) is 0 Å². The Labute approximate surface area is 105 Å². The van der Waals surface area contributed by atoms with Gasteiger partial charge in [-0.25, -0.2) is 4.79 Å². The standard InChI is InChI=1S/C11H18N2O5/c1-5-6(2)11(5,10(17)18-3)13-9(16)7(12)4-8(14)15/h5-7H,4,12H2,1-3H3,(H,13,16)(H,14,15). The van der Waals surface area contributed by atoms with Crippen LogP contribution in [0.25, 0.3) is 0 Å². The Morgan fingerprint density at radius 1 is 1.39 bits per heavy atom. The van der Waals surface area contributed by atoms with E-state index in [2.05, 4.69) is 10.1 Å². The molecule has 1 rings (SSSR count). The summed E-state index contributed by atoms with van der Waals surface area (Å²) in [5, 5.41) is 11.1. The summed E-state index contributed by atoms with van der Waals surface area (Å²) in [4.78, 5) is 33.9. The number of ether oxygens (including phenoxy) is 1. The number of methoxy groups -OCH3 is 1. The number of nitrogens with one attached hydrogen (secondary N) is 1. The van der Waals surface area contributed by atoms with Crippen LogP contribution in [0, 0.1) is 11.8 Å². The van der Waals surface area contributed by atoms with E-state index in [9.17, 15) is 14.4 Å². The van der Waals surface area contributed by atoms with Crippen LogP contribution in [-0.4, -0.2) is 41.6 Å². The second-order valence-corrected chi connectivity index (χ2v) is 4.63. The highest BCUT2D eigenvalue weighted by Gasteiger charge is 2.67. The molecule has 18 heavy (non-hydrogen) atoms. The van der Waals surface area contributed by atoms with Crippen LogP contribution in [0.15, 0.2) is 0 Å². The summed E-state index contributed by atoms with van der Waals surface area (Å²) < 4.78 is 4.67. The third-order valence-electron chi connectivity index (χ3n) is 3.66. The van der Waals surface area contributed by atoms with E-state index in [0.717, 1.165) is 0 Å². The predicted molar refractivity (Wildman–Crippen MR) is 61.4 cm³/mol. The summed E-state index contributed by atoms with van der Waals surface area (Å²) in [6.45, 7) is 3.62. The largest absolute Gasteiger partial charge is 0.481 e. The molecule has 0 radical (unpaired) electrons. The lowest BCUT2D eigenvalue weighted by atomic mass is 10.1. The zero-order valence-corrected chi connectivity index (χ0v) is 10.6. The van der Waals surface area contributed by atoms with Gasteiger partial charge < -0.3 is 20.9 Å². The summed E-state index contributed by atoms with van der Waals surface area (Å²) >= 11 is 0. The first-order valence-corrected chi connectivity index (χ1v) is 5.65. The number of carbonyl (C=O) groups is 3. The molecule has 0 aliphatic heterocycles. The maximum absolute atomic E-state index is 11.7. The van der Waals surface area contributed by atoms with Crippen molar-refractivity contribution in [1.82, 2.24) is 5.32 Å². The fourth-order valence-corrected chi connectivity index (χ4v) is 2.17.